The fourth-order valence-corrected chi connectivity index (χ4v) is 3.13. The van der Waals surface area contributed by atoms with E-state index in [-0.39, 0.29) is 18.0 Å². The molecule has 0 unspecified atom stereocenters. The van der Waals surface area contributed by atoms with E-state index in [0.717, 1.165) is 36.0 Å². The minimum atomic E-state index is -0.344. The lowest BCUT2D eigenvalue weighted by Gasteiger charge is -2.08. The summed E-state index contributed by atoms with van der Waals surface area (Å²) in [7, 11) is 1.63. The molecule has 0 spiro atoms. The quantitative estimate of drug-likeness (QED) is 0.566. The van der Waals surface area contributed by atoms with E-state index in [2.05, 4.69) is 11.5 Å². The number of hydrogen-bond donors (Lipinski definition) is 0. The third-order valence-electron chi connectivity index (χ3n) is 4.44. The van der Waals surface area contributed by atoms with Crippen LogP contribution in [-0.4, -0.2) is 17.5 Å². The van der Waals surface area contributed by atoms with Crippen LogP contribution in [0.2, 0.25) is 0 Å². The van der Waals surface area contributed by atoms with E-state index in [1.54, 1.807) is 25.3 Å². The Bertz CT molecular complexity index is 898. The number of fused-ring (bicyclic) bond motifs is 1. The summed E-state index contributed by atoms with van der Waals surface area (Å²) in [6, 6.07) is 12.1. The molecule has 3 aromatic rings. The molecule has 0 N–H and O–H groups in total. The molecule has 2 aromatic carbocycles. The number of ether oxygens (including phenoxy) is 1. The number of para-hydroxylation sites is 1. The lowest BCUT2D eigenvalue weighted by Crippen LogP contribution is -2.05. The van der Waals surface area contributed by atoms with Crippen LogP contribution in [0.4, 0.5) is 4.39 Å². The van der Waals surface area contributed by atoms with Gasteiger partial charge < -0.3 is 9.30 Å². The summed E-state index contributed by atoms with van der Waals surface area (Å²) in [6.07, 6.45) is 4.01. The van der Waals surface area contributed by atoms with Gasteiger partial charge >= 0.3 is 0 Å². The number of rotatable bonds is 7. The second-order valence-electron chi connectivity index (χ2n) is 6.14. The molecule has 1 aromatic heterocycles. The average Bonchev–Trinajstić information content (AvgIpc) is 3.01. The summed E-state index contributed by atoms with van der Waals surface area (Å²) in [6.45, 7) is 2.95. The van der Waals surface area contributed by atoms with Crippen LogP contribution in [0.25, 0.3) is 10.9 Å². The maximum absolute atomic E-state index is 13.9. The van der Waals surface area contributed by atoms with Crippen LogP contribution in [0.3, 0.4) is 0 Å². The van der Waals surface area contributed by atoms with Crippen LogP contribution in [0.1, 0.15) is 35.7 Å². The van der Waals surface area contributed by atoms with E-state index in [4.69, 9.17) is 4.74 Å². The predicted molar refractivity (Wildman–Crippen MR) is 97.8 cm³/mol. The van der Waals surface area contributed by atoms with Crippen LogP contribution in [-0.2, 0) is 13.0 Å². The number of aromatic nitrogens is 1. The highest BCUT2D eigenvalue weighted by Gasteiger charge is 2.19. The van der Waals surface area contributed by atoms with Gasteiger partial charge in [0, 0.05) is 30.1 Å². The molecular weight excluding hydrogens is 317 g/mol. The van der Waals surface area contributed by atoms with Crippen molar-refractivity contribution in [3.05, 3.63) is 65.6 Å². The first kappa shape index (κ1) is 17.2. The van der Waals surface area contributed by atoms with Crippen molar-refractivity contribution in [2.24, 2.45) is 0 Å². The second kappa shape index (κ2) is 7.51. The number of methoxy groups -OCH3 is 1. The Balaban J connectivity index is 2.03. The molecule has 0 saturated carbocycles. The molecule has 0 radical (unpaired) electrons. The first-order chi connectivity index (χ1) is 12.2. The zero-order chi connectivity index (χ0) is 17.8. The highest BCUT2D eigenvalue weighted by Crippen LogP contribution is 2.31. The number of aryl methyl sites for hydroxylation is 1. The number of Topliss-reactive ketones (excluding diaryl/α,β-unsaturated/α-hetero) is 1. The van der Waals surface area contributed by atoms with Crippen molar-refractivity contribution in [1.29, 1.82) is 0 Å². The topological polar surface area (TPSA) is 31.2 Å². The first-order valence-corrected chi connectivity index (χ1v) is 8.58. The molecule has 0 amide bonds. The molecule has 3 nitrogen and oxygen atoms in total. The molecule has 0 fully saturated rings. The lowest BCUT2D eigenvalue weighted by atomic mass is 10.0. The minimum absolute atomic E-state index is 0.0524. The van der Waals surface area contributed by atoms with E-state index in [1.165, 1.54) is 6.07 Å². The normalized spacial score (nSPS) is 11.0. The standard InChI is InChI=1S/C21H22FNO2/c1-3-4-12-23-14-17(16-9-7-11-20(25-2)21(16)23)19(24)13-15-8-5-6-10-18(15)22/h5-11,14H,3-4,12-13H2,1-2H3. The van der Waals surface area contributed by atoms with Gasteiger partial charge in [0.1, 0.15) is 11.6 Å². The van der Waals surface area contributed by atoms with Crippen molar-refractivity contribution >= 4 is 16.7 Å². The highest BCUT2D eigenvalue weighted by atomic mass is 19.1. The molecular formula is C21H22FNO2. The van der Waals surface area contributed by atoms with Crippen LogP contribution >= 0.6 is 0 Å². The van der Waals surface area contributed by atoms with Gasteiger partial charge in [-0.3, -0.25) is 4.79 Å². The molecule has 0 aliphatic carbocycles. The maximum Gasteiger partial charge on any atom is 0.169 e. The van der Waals surface area contributed by atoms with E-state index in [1.807, 2.05) is 24.4 Å². The maximum atomic E-state index is 13.9. The molecule has 1 heterocycles. The molecule has 0 aliphatic heterocycles. The molecule has 4 heteroatoms. The Morgan fingerprint density at radius 3 is 2.68 bits per heavy atom. The molecule has 0 atom stereocenters. The summed E-state index contributed by atoms with van der Waals surface area (Å²) < 4.78 is 21.5. The molecule has 3 rings (SSSR count). The van der Waals surface area contributed by atoms with Gasteiger partial charge in [-0.2, -0.15) is 0 Å². The Morgan fingerprint density at radius 1 is 1.16 bits per heavy atom. The minimum Gasteiger partial charge on any atom is -0.495 e. The molecule has 25 heavy (non-hydrogen) atoms. The van der Waals surface area contributed by atoms with Crippen molar-refractivity contribution in [2.75, 3.05) is 7.11 Å². The van der Waals surface area contributed by atoms with Gasteiger partial charge in [0.15, 0.2) is 5.78 Å². The van der Waals surface area contributed by atoms with Crippen LogP contribution < -0.4 is 4.74 Å². The van der Waals surface area contributed by atoms with Gasteiger partial charge in [0.05, 0.1) is 12.6 Å². The smallest absolute Gasteiger partial charge is 0.169 e. The van der Waals surface area contributed by atoms with E-state index >= 15 is 0 Å². The zero-order valence-corrected chi connectivity index (χ0v) is 14.6. The fourth-order valence-electron chi connectivity index (χ4n) is 3.13. The van der Waals surface area contributed by atoms with Gasteiger partial charge in [-0.1, -0.05) is 43.7 Å². The Kier molecular flexibility index (Phi) is 5.17. The number of benzene rings is 2. The van der Waals surface area contributed by atoms with Crippen molar-refractivity contribution < 1.29 is 13.9 Å². The summed E-state index contributed by atoms with van der Waals surface area (Å²) >= 11 is 0. The predicted octanol–water partition coefficient (Wildman–Crippen LogP) is 5.01. The Labute approximate surface area is 147 Å². The van der Waals surface area contributed by atoms with Gasteiger partial charge in [-0.15, -0.1) is 0 Å². The van der Waals surface area contributed by atoms with E-state index in [0.29, 0.717) is 11.1 Å². The summed E-state index contributed by atoms with van der Waals surface area (Å²) in [4.78, 5) is 12.8. The van der Waals surface area contributed by atoms with Crippen LogP contribution in [0, 0.1) is 5.82 Å². The van der Waals surface area contributed by atoms with Gasteiger partial charge in [0.25, 0.3) is 0 Å². The number of halogens is 1. The number of hydrogen-bond acceptors (Lipinski definition) is 2. The van der Waals surface area contributed by atoms with E-state index < -0.39 is 0 Å². The summed E-state index contributed by atoms with van der Waals surface area (Å²) in [5.74, 6) is 0.320. The first-order valence-electron chi connectivity index (χ1n) is 8.58. The number of carbonyl (C=O) groups is 1. The summed E-state index contributed by atoms with van der Waals surface area (Å²) in [5.41, 5.74) is 1.97. The van der Waals surface area contributed by atoms with Gasteiger partial charge in [-0.05, 0) is 24.1 Å². The van der Waals surface area contributed by atoms with Crippen LogP contribution in [0.15, 0.2) is 48.7 Å². The lowest BCUT2D eigenvalue weighted by molar-refractivity contribution is 0.0993. The fraction of sp³-hybridized carbons (Fsp3) is 0.286. The average molecular weight is 339 g/mol. The highest BCUT2D eigenvalue weighted by molar-refractivity contribution is 6.10. The third kappa shape index (κ3) is 3.43. The van der Waals surface area contributed by atoms with Crippen molar-refractivity contribution in [1.82, 2.24) is 4.57 Å². The molecule has 130 valence electrons. The number of nitrogens with zero attached hydrogens (tertiary/aromatic N) is 1. The molecule has 0 bridgehead atoms. The number of ketones is 1. The van der Waals surface area contributed by atoms with Crippen LogP contribution in [0.5, 0.6) is 5.75 Å². The van der Waals surface area contributed by atoms with Crippen molar-refractivity contribution in [2.45, 2.75) is 32.7 Å². The third-order valence-corrected chi connectivity index (χ3v) is 4.44. The largest absolute Gasteiger partial charge is 0.495 e. The molecule has 0 aliphatic rings. The van der Waals surface area contributed by atoms with Crippen molar-refractivity contribution in [3.8, 4) is 5.75 Å². The zero-order valence-electron chi connectivity index (χ0n) is 14.6. The summed E-state index contributed by atoms with van der Waals surface area (Å²) in [5, 5.41) is 0.858. The Morgan fingerprint density at radius 2 is 1.96 bits per heavy atom. The Hall–Kier alpha value is -2.62. The second-order valence-corrected chi connectivity index (χ2v) is 6.14. The molecule has 0 saturated heterocycles. The SMILES string of the molecule is CCCCn1cc(C(=O)Cc2ccccc2F)c2cccc(OC)c21. The van der Waals surface area contributed by atoms with Gasteiger partial charge in [0.2, 0.25) is 0 Å². The number of carbonyl (C=O) groups excluding carboxylic acids is 1. The monoisotopic (exact) mass is 339 g/mol. The van der Waals surface area contributed by atoms with Crippen molar-refractivity contribution in [3.63, 3.8) is 0 Å². The number of unbranched alkanes of at least 4 members (excludes halogenated alkanes) is 1. The van der Waals surface area contributed by atoms with E-state index in [9.17, 15) is 9.18 Å². The van der Waals surface area contributed by atoms with Gasteiger partial charge in [-0.25, -0.2) is 4.39 Å².